The molecule has 0 radical (unpaired) electrons. The quantitative estimate of drug-likeness (QED) is 0.268. The summed E-state index contributed by atoms with van der Waals surface area (Å²) in [5.41, 5.74) is 0.770. The number of alkyl halides is 3. The SMILES string of the molecule is COc1ccc(C(F)(F)F)cc1CN[C@@H]1[C@@H](C(C)(C)C)[C@H](C(=O)O)N(C(=O)[C@H](OC)c2ccccc2)[C@@H]1c1ccccc1N(C)C. The maximum absolute atomic E-state index is 14.7. The maximum atomic E-state index is 14.7. The van der Waals surface area contributed by atoms with Crippen LogP contribution in [-0.4, -0.2) is 62.3 Å². The van der Waals surface area contributed by atoms with Gasteiger partial charge in [-0.25, -0.2) is 4.79 Å². The number of ether oxygens (including phenoxy) is 2. The van der Waals surface area contributed by atoms with Gasteiger partial charge in [-0.3, -0.25) is 4.79 Å². The molecule has 0 aliphatic carbocycles. The van der Waals surface area contributed by atoms with Crippen molar-refractivity contribution in [2.75, 3.05) is 33.2 Å². The summed E-state index contributed by atoms with van der Waals surface area (Å²) in [4.78, 5) is 31.2. The topological polar surface area (TPSA) is 91.3 Å². The van der Waals surface area contributed by atoms with Gasteiger partial charge in [0.15, 0.2) is 6.10 Å². The summed E-state index contributed by atoms with van der Waals surface area (Å²) in [6, 6.07) is 16.7. The summed E-state index contributed by atoms with van der Waals surface area (Å²) in [6.07, 6.45) is -5.67. The molecule has 0 spiro atoms. The van der Waals surface area contributed by atoms with Crippen molar-refractivity contribution in [2.45, 2.75) is 57.7 Å². The van der Waals surface area contributed by atoms with Crippen molar-refractivity contribution >= 4 is 17.6 Å². The highest BCUT2D eigenvalue weighted by atomic mass is 19.4. The van der Waals surface area contributed by atoms with Gasteiger partial charge in [0, 0.05) is 51.0 Å². The molecular weight excluding hydrogens is 599 g/mol. The van der Waals surface area contributed by atoms with Crippen LogP contribution in [0.5, 0.6) is 5.75 Å². The normalized spacial score (nSPS) is 20.8. The Labute approximate surface area is 268 Å². The van der Waals surface area contributed by atoms with Crippen LogP contribution in [0.2, 0.25) is 0 Å². The molecule has 46 heavy (non-hydrogen) atoms. The monoisotopic (exact) mass is 641 g/mol. The van der Waals surface area contributed by atoms with Gasteiger partial charge in [0.05, 0.1) is 18.7 Å². The lowest BCUT2D eigenvalue weighted by Crippen LogP contribution is -2.49. The Morgan fingerprint density at radius 1 is 0.978 bits per heavy atom. The third-order valence-corrected chi connectivity index (χ3v) is 8.61. The first-order valence-electron chi connectivity index (χ1n) is 15.0. The van der Waals surface area contributed by atoms with Gasteiger partial charge in [-0.15, -0.1) is 0 Å². The van der Waals surface area contributed by atoms with E-state index in [4.69, 9.17) is 9.47 Å². The molecule has 2 N–H and O–H groups in total. The minimum atomic E-state index is -4.57. The van der Waals surface area contributed by atoms with Gasteiger partial charge >= 0.3 is 12.1 Å². The number of hydrogen-bond donors (Lipinski definition) is 2. The lowest BCUT2D eigenvalue weighted by molar-refractivity contribution is -0.157. The molecule has 0 saturated carbocycles. The molecule has 5 atom stereocenters. The van der Waals surface area contributed by atoms with Crippen LogP contribution in [0.15, 0.2) is 72.8 Å². The molecule has 248 valence electrons. The number of aliphatic carboxylic acids is 1. The van der Waals surface area contributed by atoms with Crippen LogP contribution in [0.3, 0.4) is 0 Å². The number of hydrogen-bond acceptors (Lipinski definition) is 6. The van der Waals surface area contributed by atoms with Crippen molar-refractivity contribution in [3.63, 3.8) is 0 Å². The minimum absolute atomic E-state index is 0.0776. The number of carbonyl (C=O) groups excluding carboxylic acids is 1. The first-order valence-corrected chi connectivity index (χ1v) is 15.0. The van der Waals surface area contributed by atoms with E-state index in [1.165, 1.54) is 25.2 Å². The molecule has 0 aromatic heterocycles. The van der Waals surface area contributed by atoms with Crippen LogP contribution in [0.1, 0.15) is 55.2 Å². The second-order valence-corrected chi connectivity index (χ2v) is 12.8. The van der Waals surface area contributed by atoms with E-state index in [0.29, 0.717) is 11.1 Å². The number of para-hydroxylation sites is 1. The molecule has 0 unspecified atom stereocenters. The molecule has 4 rings (SSSR count). The Morgan fingerprint density at radius 2 is 1.61 bits per heavy atom. The van der Waals surface area contributed by atoms with Gasteiger partial charge in [-0.05, 0) is 40.8 Å². The third-order valence-electron chi connectivity index (χ3n) is 8.61. The molecule has 1 fully saturated rings. The summed E-state index contributed by atoms with van der Waals surface area (Å²) in [7, 11) is 6.49. The van der Waals surface area contributed by atoms with E-state index in [-0.39, 0.29) is 17.9 Å². The number of rotatable bonds is 10. The number of nitrogens with zero attached hydrogens (tertiary/aromatic N) is 2. The molecule has 1 aliphatic heterocycles. The summed E-state index contributed by atoms with van der Waals surface area (Å²) in [5.74, 6) is -2.15. The third kappa shape index (κ3) is 7.00. The highest BCUT2D eigenvalue weighted by Crippen LogP contribution is 2.51. The number of likely N-dealkylation sites (tertiary alicyclic amines) is 1. The molecule has 0 bridgehead atoms. The summed E-state index contributed by atoms with van der Waals surface area (Å²) < 4.78 is 52.3. The molecule has 1 amide bonds. The van der Waals surface area contributed by atoms with E-state index in [2.05, 4.69) is 5.32 Å². The highest BCUT2D eigenvalue weighted by Gasteiger charge is 2.59. The van der Waals surface area contributed by atoms with Crippen LogP contribution in [-0.2, 0) is 27.0 Å². The molecule has 3 aromatic carbocycles. The summed E-state index contributed by atoms with van der Waals surface area (Å²) >= 11 is 0. The maximum Gasteiger partial charge on any atom is 0.416 e. The number of nitrogens with one attached hydrogen (secondary N) is 1. The zero-order chi connectivity index (χ0) is 34.0. The van der Waals surface area contributed by atoms with Gasteiger partial charge < -0.3 is 29.7 Å². The number of carboxylic acids is 1. The fourth-order valence-electron chi connectivity index (χ4n) is 6.66. The number of benzene rings is 3. The fourth-order valence-corrected chi connectivity index (χ4v) is 6.66. The first kappa shape index (κ1) is 34.8. The fraction of sp³-hybridized carbons (Fsp3) is 0.429. The average Bonchev–Trinajstić information content (AvgIpc) is 3.36. The molecule has 1 saturated heterocycles. The van der Waals surface area contributed by atoms with Gasteiger partial charge in [0.25, 0.3) is 5.91 Å². The summed E-state index contributed by atoms with van der Waals surface area (Å²) in [6.45, 7) is 5.63. The highest BCUT2D eigenvalue weighted by molar-refractivity contribution is 5.89. The summed E-state index contributed by atoms with van der Waals surface area (Å²) in [5, 5.41) is 14.3. The van der Waals surface area contributed by atoms with Crippen LogP contribution in [0.25, 0.3) is 0 Å². The zero-order valence-electron chi connectivity index (χ0n) is 27.1. The Balaban J connectivity index is 1.94. The second-order valence-electron chi connectivity index (χ2n) is 12.8. The second kappa shape index (κ2) is 13.7. The van der Waals surface area contributed by atoms with Crippen LogP contribution in [0.4, 0.5) is 18.9 Å². The number of carboxylic acid groups (broad SMARTS) is 1. The largest absolute Gasteiger partial charge is 0.496 e. The van der Waals surface area contributed by atoms with Crippen molar-refractivity contribution < 1.29 is 37.3 Å². The van der Waals surface area contributed by atoms with Gasteiger partial charge in [-0.1, -0.05) is 69.3 Å². The lowest BCUT2D eigenvalue weighted by atomic mass is 9.72. The predicted molar refractivity (Wildman–Crippen MR) is 170 cm³/mol. The van der Waals surface area contributed by atoms with Crippen molar-refractivity contribution in [3.05, 3.63) is 95.1 Å². The van der Waals surface area contributed by atoms with Crippen LogP contribution in [0, 0.1) is 11.3 Å². The number of anilines is 1. The van der Waals surface area contributed by atoms with E-state index in [1.807, 2.05) is 70.1 Å². The van der Waals surface area contributed by atoms with Crippen molar-refractivity contribution in [1.29, 1.82) is 0 Å². The van der Waals surface area contributed by atoms with Gasteiger partial charge in [0.1, 0.15) is 11.8 Å². The molecule has 1 aliphatic rings. The Kier molecular flexibility index (Phi) is 10.4. The number of methoxy groups -OCH3 is 2. The van der Waals surface area contributed by atoms with Crippen LogP contribution < -0.4 is 15.0 Å². The number of amides is 1. The van der Waals surface area contributed by atoms with E-state index in [9.17, 15) is 27.9 Å². The first-order chi connectivity index (χ1) is 21.6. The van der Waals surface area contributed by atoms with E-state index in [1.54, 1.807) is 24.3 Å². The number of halogens is 3. The smallest absolute Gasteiger partial charge is 0.416 e. The Bertz CT molecular complexity index is 1520. The van der Waals surface area contributed by atoms with Gasteiger partial charge in [0.2, 0.25) is 0 Å². The standard InChI is InChI=1S/C35H42F3N3O5/c1-34(2,3)27-28(39-20-22-19-23(35(36,37)38)17-18-26(22)45-6)29(24-15-11-12-16-25(24)40(4)5)41(30(27)33(43)44)32(42)31(46-7)21-13-9-8-10-14-21/h8-19,27-31,39H,20H2,1-7H3,(H,43,44)/t27-,28-,29-,30-,31-/m1/s1. The van der Waals surface area contributed by atoms with Gasteiger partial charge in [-0.2, -0.15) is 13.2 Å². The van der Waals surface area contributed by atoms with Crippen molar-refractivity contribution in [3.8, 4) is 5.75 Å². The zero-order valence-corrected chi connectivity index (χ0v) is 27.1. The van der Waals surface area contributed by atoms with Crippen molar-refractivity contribution in [2.24, 2.45) is 11.3 Å². The molecule has 1 heterocycles. The van der Waals surface area contributed by atoms with E-state index in [0.717, 1.165) is 17.8 Å². The van der Waals surface area contributed by atoms with Crippen LogP contribution >= 0.6 is 0 Å². The van der Waals surface area contributed by atoms with Crippen molar-refractivity contribution in [1.82, 2.24) is 10.2 Å². The molecule has 3 aromatic rings. The molecule has 8 nitrogen and oxygen atoms in total. The van der Waals surface area contributed by atoms with E-state index < -0.39 is 59.2 Å². The lowest BCUT2D eigenvalue weighted by Gasteiger charge is -2.36. The Morgan fingerprint density at radius 3 is 2.15 bits per heavy atom. The average molecular weight is 642 g/mol. The molecular formula is C35H42F3N3O5. The predicted octanol–water partition coefficient (Wildman–Crippen LogP) is 6.32. The number of carbonyl (C=O) groups is 2. The Hall–Kier alpha value is -4.09. The molecule has 11 heteroatoms. The minimum Gasteiger partial charge on any atom is -0.496 e. The van der Waals surface area contributed by atoms with E-state index >= 15 is 0 Å².